The van der Waals surface area contributed by atoms with Crippen molar-refractivity contribution in [3.63, 3.8) is 0 Å². The second-order valence-electron chi connectivity index (χ2n) is 6.11. The first-order chi connectivity index (χ1) is 8.00. The van der Waals surface area contributed by atoms with Gasteiger partial charge in [-0.05, 0) is 37.5 Å². The topological polar surface area (TPSA) is 26.3 Å². The molecule has 1 aliphatic rings. The second-order valence-corrected chi connectivity index (χ2v) is 6.11. The van der Waals surface area contributed by atoms with Crippen LogP contribution in [0.15, 0.2) is 0 Å². The Bertz CT molecular complexity index is 247. The molecule has 0 bridgehead atoms. The van der Waals surface area contributed by atoms with Crippen LogP contribution in [0.4, 0.5) is 0 Å². The Hall–Kier alpha value is -0.370. The molecular weight excluding hydrogens is 212 g/mol. The summed E-state index contributed by atoms with van der Waals surface area (Å²) in [7, 11) is 1.71. The Kier molecular flexibility index (Phi) is 5.64. The molecule has 1 rings (SSSR count). The Morgan fingerprint density at radius 1 is 1.47 bits per heavy atom. The minimum absolute atomic E-state index is 0.340. The van der Waals surface area contributed by atoms with Crippen molar-refractivity contribution in [2.75, 3.05) is 7.11 Å². The number of carbonyl (C=O) groups is 1. The lowest BCUT2D eigenvalue weighted by molar-refractivity contribution is -0.147. The number of ketones is 1. The van der Waals surface area contributed by atoms with Crippen LogP contribution >= 0.6 is 0 Å². The van der Waals surface area contributed by atoms with Gasteiger partial charge in [0, 0.05) is 13.5 Å². The van der Waals surface area contributed by atoms with Crippen LogP contribution in [-0.4, -0.2) is 18.5 Å². The van der Waals surface area contributed by atoms with E-state index in [9.17, 15) is 4.79 Å². The van der Waals surface area contributed by atoms with Gasteiger partial charge in [0.15, 0.2) is 5.78 Å². The highest BCUT2D eigenvalue weighted by atomic mass is 16.5. The second kappa shape index (κ2) is 6.53. The lowest BCUT2D eigenvalue weighted by Crippen LogP contribution is -2.44. The number of hydrogen-bond acceptors (Lipinski definition) is 2. The van der Waals surface area contributed by atoms with E-state index in [1.54, 1.807) is 7.11 Å². The van der Waals surface area contributed by atoms with Gasteiger partial charge >= 0.3 is 0 Å². The van der Waals surface area contributed by atoms with Gasteiger partial charge in [0.2, 0.25) is 0 Å². The van der Waals surface area contributed by atoms with Gasteiger partial charge in [-0.3, -0.25) is 4.79 Å². The molecule has 0 aromatic heterocycles. The summed E-state index contributed by atoms with van der Waals surface area (Å²) in [6.07, 6.45) is 7.06. The molecule has 0 aromatic rings. The van der Waals surface area contributed by atoms with E-state index in [1.807, 2.05) is 0 Å². The minimum Gasteiger partial charge on any atom is -0.370 e. The van der Waals surface area contributed by atoms with Crippen LogP contribution in [0, 0.1) is 11.8 Å². The van der Waals surface area contributed by atoms with E-state index in [0.29, 0.717) is 24.0 Å². The molecule has 0 radical (unpaired) electrons. The fraction of sp³-hybridized carbons (Fsp3) is 0.933. The molecule has 0 amide bonds. The van der Waals surface area contributed by atoms with Crippen LogP contribution in [0.25, 0.3) is 0 Å². The van der Waals surface area contributed by atoms with Crippen LogP contribution in [-0.2, 0) is 9.53 Å². The number of hydrogen-bond donors (Lipinski definition) is 0. The maximum Gasteiger partial charge on any atom is 0.164 e. The van der Waals surface area contributed by atoms with E-state index in [2.05, 4.69) is 20.8 Å². The van der Waals surface area contributed by atoms with Gasteiger partial charge in [0.05, 0.1) is 0 Å². The molecule has 17 heavy (non-hydrogen) atoms. The van der Waals surface area contributed by atoms with E-state index < -0.39 is 5.60 Å². The summed E-state index contributed by atoms with van der Waals surface area (Å²) in [6.45, 7) is 6.65. The standard InChI is InChI=1S/C15H28O2/c1-12(2)7-5-9-14(16)15(17-4)10-6-8-13(3)11-15/h12-13H,5-11H2,1-4H3. The monoisotopic (exact) mass is 240 g/mol. The Morgan fingerprint density at radius 2 is 2.18 bits per heavy atom. The van der Waals surface area contributed by atoms with Gasteiger partial charge in [0.25, 0.3) is 0 Å². The van der Waals surface area contributed by atoms with Gasteiger partial charge < -0.3 is 4.74 Å². The zero-order valence-electron chi connectivity index (χ0n) is 11.9. The molecule has 0 spiro atoms. The molecular formula is C15H28O2. The molecule has 2 nitrogen and oxygen atoms in total. The quantitative estimate of drug-likeness (QED) is 0.702. The summed E-state index contributed by atoms with van der Waals surface area (Å²) in [4.78, 5) is 12.4. The maximum absolute atomic E-state index is 12.4. The summed E-state index contributed by atoms with van der Waals surface area (Å²) < 4.78 is 5.62. The van der Waals surface area contributed by atoms with Crippen LogP contribution in [0.1, 0.15) is 65.7 Å². The van der Waals surface area contributed by atoms with Gasteiger partial charge in [-0.25, -0.2) is 0 Å². The Balaban J connectivity index is 2.50. The van der Waals surface area contributed by atoms with E-state index in [-0.39, 0.29) is 0 Å². The summed E-state index contributed by atoms with van der Waals surface area (Å²) in [5.74, 6) is 1.65. The van der Waals surface area contributed by atoms with Crippen molar-refractivity contribution in [1.82, 2.24) is 0 Å². The van der Waals surface area contributed by atoms with Crippen molar-refractivity contribution in [3.05, 3.63) is 0 Å². The molecule has 0 aliphatic heterocycles. The highest BCUT2D eigenvalue weighted by molar-refractivity contribution is 5.87. The van der Waals surface area contributed by atoms with Crippen molar-refractivity contribution < 1.29 is 9.53 Å². The van der Waals surface area contributed by atoms with Crippen molar-refractivity contribution >= 4 is 5.78 Å². The lowest BCUT2D eigenvalue weighted by Gasteiger charge is -2.37. The molecule has 0 aromatic carbocycles. The third-order valence-electron chi connectivity index (χ3n) is 4.04. The summed E-state index contributed by atoms with van der Waals surface area (Å²) in [6, 6.07) is 0. The van der Waals surface area contributed by atoms with Crippen LogP contribution in [0.3, 0.4) is 0 Å². The molecule has 0 N–H and O–H groups in total. The fourth-order valence-corrected chi connectivity index (χ4v) is 2.95. The van der Waals surface area contributed by atoms with Crippen LogP contribution in [0.2, 0.25) is 0 Å². The molecule has 2 atom stereocenters. The molecule has 0 heterocycles. The first-order valence-corrected chi connectivity index (χ1v) is 7.08. The average molecular weight is 240 g/mol. The smallest absolute Gasteiger partial charge is 0.164 e. The van der Waals surface area contributed by atoms with Crippen molar-refractivity contribution in [2.45, 2.75) is 71.3 Å². The summed E-state index contributed by atoms with van der Waals surface area (Å²) >= 11 is 0. The molecule has 2 heteroatoms. The van der Waals surface area contributed by atoms with Gasteiger partial charge in [0.1, 0.15) is 5.60 Å². The first-order valence-electron chi connectivity index (χ1n) is 7.08. The zero-order chi connectivity index (χ0) is 12.9. The number of ether oxygens (including phenoxy) is 1. The fourth-order valence-electron chi connectivity index (χ4n) is 2.95. The number of rotatable bonds is 6. The van der Waals surface area contributed by atoms with E-state index in [1.165, 1.54) is 6.42 Å². The molecule has 1 fully saturated rings. The van der Waals surface area contributed by atoms with Crippen LogP contribution in [0.5, 0.6) is 0 Å². The van der Waals surface area contributed by atoms with E-state index in [0.717, 1.165) is 32.1 Å². The largest absolute Gasteiger partial charge is 0.370 e. The van der Waals surface area contributed by atoms with Gasteiger partial charge in [-0.15, -0.1) is 0 Å². The maximum atomic E-state index is 12.4. The highest BCUT2D eigenvalue weighted by Crippen LogP contribution is 2.36. The SMILES string of the molecule is COC1(C(=O)CCCC(C)C)CCCC(C)C1. The normalized spacial score (nSPS) is 29.6. The van der Waals surface area contributed by atoms with E-state index in [4.69, 9.17) is 4.74 Å². The average Bonchev–Trinajstić information content (AvgIpc) is 2.28. The molecule has 0 saturated heterocycles. The predicted molar refractivity (Wildman–Crippen MR) is 71.1 cm³/mol. The minimum atomic E-state index is -0.450. The summed E-state index contributed by atoms with van der Waals surface area (Å²) in [5.41, 5.74) is -0.450. The van der Waals surface area contributed by atoms with Crippen molar-refractivity contribution in [3.8, 4) is 0 Å². The molecule has 1 saturated carbocycles. The van der Waals surface area contributed by atoms with E-state index >= 15 is 0 Å². The Morgan fingerprint density at radius 3 is 2.71 bits per heavy atom. The lowest BCUT2D eigenvalue weighted by atomic mass is 9.75. The third-order valence-corrected chi connectivity index (χ3v) is 4.04. The molecule has 1 aliphatic carbocycles. The molecule has 100 valence electrons. The highest BCUT2D eigenvalue weighted by Gasteiger charge is 2.40. The number of Topliss-reactive ketones (excluding diaryl/α,β-unsaturated/α-hetero) is 1. The third kappa shape index (κ3) is 4.09. The van der Waals surface area contributed by atoms with Gasteiger partial charge in [-0.1, -0.05) is 33.6 Å². The molecule has 2 unspecified atom stereocenters. The summed E-state index contributed by atoms with van der Waals surface area (Å²) in [5, 5.41) is 0. The van der Waals surface area contributed by atoms with Gasteiger partial charge in [-0.2, -0.15) is 0 Å². The number of methoxy groups -OCH3 is 1. The zero-order valence-corrected chi connectivity index (χ0v) is 11.9. The Labute approximate surface area is 106 Å². The van der Waals surface area contributed by atoms with Crippen molar-refractivity contribution in [1.29, 1.82) is 0 Å². The predicted octanol–water partition coefficient (Wildman–Crippen LogP) is 3.98. The number of carbonyl (C=O) groups excluding carboxylic acids is 1. The first kappa shape index (κ1) is 14.7. The van der Waals surface area contributed by atoms with Crippen molar-refractivity contribution in [2.24, 2.45) is 11.8 Å². The van der Waals surface area contributed by atoms with Crippen LogP contribution < -0.4 is 0 Å².